The van der Waals surface area contributed by atoms with Gasteiger partial charge in [0, 0.05) is 24.3 Å². The van der Waals surface area contributed by atoms with Gasteiger partial charge in [-0.05, 0) is 12.5 Å². The van der Waals surface area contributed by atoms with Gasteiger partial charge in [-0.25, -0.2) is 22.5 Å². The maximum absolute atomic E-state index is 14.2. The highest BCUT2D eigenvalue weighted by Crippen LogP contribution is 2.33. The molecule has 0 saturated carbocycles. The third-order valence-corrected chi connectivity index (χ3v) is 5.56. The van der Waals surface area contributed by atoms with Crippen LogP contribution in [-0.2, 0) is 10.0 Å². The normalized spacial score (nSPS) is 19.2. The molecule has 2 N–H and O–H groups in total. The summed E-state index contributed by atoms with van der Waals surface area (Å²) >= 11 is 0. The van der Waals surface area contributed by atoms with Crippen LogP contribution in [0.25, 0.3) is 11.4 Å². The smallest absolute Gasteiger partial charge is 0.257 e. The van der Waals surface area contributed by atoms with Crippen molar-refractivity contribution in [3.63, 3.8) is 0 Å². The zero-order valence-electron chi connectivity index (χ0n) is 16.0. The molecule has 156 valence electrons. The zero-order chi connectivity index (χ0) is 21.3. The third kappa shape index (κ3) is 4.21. The average molecular weight is 430 g/mol. The number of carbonyl (C=O) groups is 1. The van der Waals surface area contributed by atoms with E-state index < -0.39 is 33.8 Å². The molecular formula is C19H19FN6O3S. The Morgan fingerprint density at radius 2 is 2.03 bits per heavy atom. The molecule has 1 aliphatic heterocycles. The Kier molecular flexibility index (Phi) is 5.31. The van der Waals surface area contributed by atoms with Crippen LogP contribution >= 0.6 is 0 Å². The van der Waals surface area contributed by atoms with Crippen LogP contribution in [-0.4, -0.2) is 58.2 Å². The predicted octanol–water partition coefficient (Wildman–Crippen LogP) is 1.51. The van der Waals surface area contributed by atoms with E-state index in [9.17, 15) is 17.6 Å². The molecule has 1 aromatic carbocycles. The average Bonchev–Trinajstić information content (AvgIpc) is 3.34. The number of amides is 1. The van der Waals surface area contributed by atoms with Crippen molar-refractivity contribution in [2.24, 2.45) is 0 Å². The van der Waals surface area contributed by atoms with Crippen molar-refractivity contribution in [1.29, 1.82) is 0 Å². The molecular weight excluding hydrogens is 411 g/mol. The second-order valence-electron chi connectivity index (χ2n) is 7.06. The van der Waals surface area contributed by atoms with Crippen molar-refractivity contribution >= 4 is 15.9 Å². The molecule has 0 aliphatic carbocycles. The van der Waals surface area contributed by atoms with E-state index in [0.717, 1.165) is 18.0 Å². The van der Waals surface area contributed by atoms with Crippen molar-refractivity contribution in [2.45, 2.75) is 18.5 Å². The third-order valence-electron chi connectivity index (χ3n) is 4.80. The van der Waals surface area contributed by atoms with Crippen LogP contribution in [0.15, 0.2) is 48.8 Å². The van der Waals surface area contributed by atoms with Crippen molar-refractivity contribution in [1.82, 2.24) is 29.8 Å². The van der Waals surface area contributed by atoms with Crippen molar-refractivity contribution in [3.8, 4) is 11.4 Å². The van der Waals surface area contributed by atoms with E-state index in [4.69, 9.17) is 0 Å². The summed E-state index contributed by atoms with van der Waals surface area (Å²) < 4.78 is 40.1. The molecule has 11 heteroatoms. The summed E-state index contributed by atoms with van der Waals surface area (Å²) in [4.78, 5) is 22.6. The molecule has 1 fully saturated rings. The second kappa shape index (κ2) is 7.92. The summed E-state index contributed by atoms with van der Waals surface area (Å²) in [5.41, 5.74) is 0.652. The number of hydrogen-bond donors (Lipinski definition) is 2. The largest absolute Gasteiger partial charge is 0.327 e. The second-order valence-corrected chi connectivity index (χ2v) is 8.84. The minimum absolute atomic E-state index is 0.0691. The van der Waals surface area contributed by atoms with E-state index in [1.165, 1.54) is 17.2 Å². The van der Waals surface area contributed by atoms with Gasteiger partial charge in [-0.1, -0.05) is 30.3 Å². The fourth-order valence-electron chi connectivity index (χ4n) is 3.55. The highest BCUT2D eigenvalue weighted by Gasteiger charge is 2.40. The Bertz CT molecular complexity index is 1170. The first-order valence-corrected chi connectivity index (χ1v) is 11.1. The number of halogens is 1. The minimum atomic E-state index is -3.49. The number of pyridine rings is 1. The number of carbonyl (C=O) groups excluding carboxylic acids is 1. The number of nitrogens with one attached hydrogen (secondary N) is 2. The Hall–Kier alpha value is -3.18. The molecule has 1 aliphatic rings. The minimum Gasteiger partial charge on any atom is -0.327 e. The first-order chi connectivity index (χ1) is 14.3. The van der Waals surface area contributed by atoms with Gasteiger partial charge in [0.15, 0.2) is 11.6 Å². The molecule has 0 bridgehead atoms. The topological polar surface area (TPSA) is 121 Å². The SMILES string of the molecule is CS(=O)(=O)N[C@H]1C[C@@H](c2nc(-c3ccccc3)n[nH]2)N(C(=O)c2ccncc2F)C1. The number of aromatic nitrogens is 4. The maximum Gasteiger partial charge on any atom is 0.257 e. The van der Waals surface area contributed by atoms with Gasteiger partial charge in [-0.15, -0.1) is 0 Å². The van der Waals surface area contributed by atoms with Gasteiger partial charge in [0.2, 0.25) is 10.0 Å². The lowest BCUT2D eigenvalue weighted by Crippen LogP contribution is -2.38. The van der Waals surface area contributed by atoms with E-state index >= 15 is 0 Å². The fourth-order valence-corrected chi connectivity index (χ4v) is 4.33. The molecule has 1 amide bonds. The van der Waals surface area contributed by atoms with Gasteiger partial charge in [0.05, 0.1) is 24.1 Å². The van der Waals surface area contributed by atoms with Gasteiger partial charge < -0.3 is 4.90 Å². The maximum atomic E-state index is 14.2. The first kappa shape index (κ1) is 20.1. The fraction of sp³-hybridized carbons (Fsp3) is 0.263. The van der Waals surface area contributed by atoms with Crippen LogP contribution in [0, 0.1) is 5.82 Å². The summed E-state index contributed by atoms with van der Waals surface area (Å²) in [6.07, 6.45) is 3.62. The summed E-state index contributed by atoms with van der Waals surface area (Å²) in [5.74, 6) is -0.472. The van der Waals surface area contributed by atoms with Crippen LogP contribution in [0.4, 0.5) is 4.39 Å². The first-order valence-electron chi connectivity index (χ1n) is 9.17. The van der Waals surface area contributed by atoms with Gasteiger partial charge in [0.25, 0.3) is 5.91 Å². The van der Waals surface area contributed by atoms with Crippen molar-refractivity contribution in [3.05, 3.63) is 66.0 Å². The molecule has 3 heterocycles. The summed E-state index contributed by atoms with van der Waals surface area (Å²) in [6, 6.07) is 9.44. The molecule has 2 aromatic heterocycles. The van der Waals surface area contributed by atoms with Gasteiger partial charge >= 0.3 is 0 Å². The number of aromatic amines is 1. The van der Waals surface area contributed by atoms with Crippen LogP contribution in [0.2, 0.25) is 0 Å². The molecule has 30 heavy (non-hydrogen) atoms. The number of benzene rings is 1. The standard InChI is InChI=1S/C19H19FN6O3S/c1-30(28,29)25-13-9-16(18-22-17(23-24-18)12-5-3-2-4-6-12)26(11-13)19(27)14-7-8-21-10-15(14)20/h2-8,10,13,16,25H,9,11H2,1H3,(H,22,23,24)/t13-,16-/m0/s1. The lowest BCUT2D eigenvalue weighted by atomic mass is 10.1. The Labute approximate surface area is 172 Å². The summed E-state index contributed by atoms with van der Waals surface area (Å²) in [7, 11) is -3.49. The van der Waals surface area contributed by atoms with Crippen molar-refractivity contribution < 1.29 is 17.6 Å². The van der Waals surface area contributed by atoms with E-state index in [2.05, 4.69) is 24.9 Å². The number of likely N-dealkylation sites (tertiary alicyclic amines) is 1. The van der Waals surface area contributed by atoms with E-state index in [-0.39, 0.29) is 18.5 Å². The Morgan fingerprint density at radius 3 is 2.73 bits per heavy atom. The van der Waals surface area contributed by atoms with E-state index in [0.29, 0.717) is 11.6 Å². The molecule has 3 aromatic rings. The Balaban J connectivity index is 1.67. The van der Waals surface area contributed by atoms with Crippen LogP contribution in [0.1, 0.15) is 28.6 Å². The number of rotatable bonds is 5. The molecule has 1 saturated heterocycles. The molecule has 9 nitrogen and oxygen atoms in total. The highest BCUT2D eigenvalue weighted by molar-refractivity contribution is 7.88. The lowest BCUT2D eigenvalue weighted by molar-refractivity contribution is 0.0723. The molecule has 2 atom stereocenters. The number of hydrogen-bond acceptors (Lipinski definition) is 6. The molecule has 4 rings (SSSR count). The summed E-state index contributed by atoms with van der Waals surface area (Å²) in [6.45, 7) is 0.0691. The van der Waals surface area contributed by atoms with E-state index in [1.54, 1.807) is 0 Å². The zero-order valence-corrected chi connectivity index (χ0v) is 16.8. The van der Waals surface area contributed by atoms with E-state index in [1.807, 2.05) is 30.3 Å². The van der Waals surface area contributed by atoms with Crippen molar-refractivity contribution in [2.75, 3.05) is 12.8 Å². The number of nitrogens with zero attached hydrogens (tertiary/aromatic N) is 4. The Morgan fingerprint density at radius 1 is 1.27 bits per heavy atom. The highest BCUT2D eigenvalue weighted by atomic mass is 32.2. The van der Waals surface area contributed by atoms with Gasteiger partial charge in [-0.3, -0.25) is 14.9 Å². The molecule has 0 unspecified atom stereocenters. The monoisotopic (exact) mass is 430 g/mol. The molecule has 0 spiro atoms. The molecule has 0 radical (unpaired) electrons. The lowest BCUT2D eigenvalue weighted by Gasteiger charge is -2.23. The predicted molar refractivity (Wildman–Crippen MR) is 106 cm³/mol. The van der Waals surface area contributed by atoms with Crippen LogP contribution < -0.4 is 4.72 Å². The van der Waals surface area contributed by atoms with Gasteiger partial charge in [-0.2, -0.15) is 5.10 Å². The van der Waals surface area contributed by atoms with Crippen LogP contribution in [0.3, 0.4) is 0 Å². The van der Waals surface area contributed by atoms with Crippen LogP contribution in [0.5, 0.6) is 0 Å². The number of sulfonamides is 1. The quantitative estimate of drug-likeness (QED) is 0.633. The summed E-state index contributed by atoms with van der Waals surface area (Å²) in [5, 5.41) is 7.06. The number of H-pyrrole nitrogens is 1. The van der Waals surface area contributed by atoms with Gasteiger partial charge in [0.1, 0.15) is 5.82 Å².